The summed E-state index contributed by atoms with van der Waals surface area (Å²) in [7, 11) is 0. The van der Waals surface area contributed by atoms with Gasteiger partial charge in [0.25, 0.3) is 0 Å². The fraction of sp³-hybridized carbons (Fsp3) is 0.800. The first kappa shape index (κ1) is 11.8. The van der Waals surface area contributed by atoms with E-state index >= 15 is 0 Å². The van der Waals surface area contributed by atoms with Crippen LogP contribution in [0.2, 0.25) is 0 Å². The summed E-state index contributed by atoms with van der Waals surface area (Å²) >= 11 is 5.02. The topological polar surface area (TPSA) is 17.1 Å². The molecule has 0 bridgehead atoms. The fourth-order valence-corrected chi connectivity index (χ4v) is 1.10. The highest BCUT2D eigenvalue weighted by Crippen LogP contribution is 2.09. The van der Waals surface area contributed by atoms with Gasteiger partial charge in [-0.15, -0.1) is 0 Å². The molecule has 0 heterocycles. The standard InChI is InChI=1S/C10H18OS/c1-4-5-10(11)7-6-8(2)9(3)12/h8H,4-7H2,1-3H3. The summed E-state index contributed by atoms with van der Waals surface area (Å²) in [4.78, 5) is 12.1. The molecule has 0 aliphatic rings. The molecule has 0 aromatic carbocycles. The van der Waals surface area contributed by atoms with E-state index in [1.54, 1.807) is 0 Å². The predicted octanol–water partition coefficient (Wildman–Crippen LogP) is 3.16. The molecule has 0 N–H and O–H groups in total. The van der Waals surface area contributed by atoms with Gasteiger partial charge in [-0.3, -0.25) is 4.79 Å². The number of ketones is 1. The van der Waals surface area contributed by atoms with Gasteiger partial charge in [-0.25, -0.2) is 0 Å². The van der Waals surface area contributed by atoms with Crippen LogP contribution in [0.15, 0.2) is 0 Å². The zero-order valence-corrected chi connectivity index (χ0v) is 9.04. The first-order valence-corrected chi connectivity index (χ1v) is 5.00. The van der Waals surface area contributed by atoms with Gasteiger partial charge in [0.15, 0.2) is 0 Å². The maximum atomic E-state index is 11.1. The molecule has 0 aromatic rings. The minimum Gasteiger partial charge on any atom is -0.300 e. The van der Waals surface area contributed by atoms with E-state index in [1.165, 1.54) is 0 Å². The third kappa shape index (κ3) is 5.42. The van der Waals surface area contributed by atoms with Gasteiger partial charge in [-0.1, -0.05) is 26.1 Å². The number of carbonyl (C=O) groups is 1. The van der Waals surface area contributed by atoms with E-state index in [0.29, 0.717) is 18.1 Å². The Morgan fingerprint density at radius 2 is 2.00 bits per heavy atom. The van der Waals surface area contributed by atoms with Crippen molar-refractivity contribution in [3.63, 3.8) is 0 Å². The van der Waals surface area contributed by atoms with Gasteiger partial charge < -0.3 is 0 Å². The minimum atomic E-state index is 0.376. The van der Waals surface area contributed by atoms with Crippen molar-refractivity contribution in [1.82, 2.24) is 0 Å². The molecule has 0 radical (unpaired) electrons. The Hall–Kier alpha value is -0.240. The minimum absolute atomic E-state index is 0.376. The Kier molecular flexibility index (Phi) is 6.17. The van der Waals surface area contributed by atoms with Crippen molar-refractivity contribution in [2.75, 3.05) is 0 Å². The average Bonchev–Trinajstić information content (AvgIpc) is 2.00. The van der Waals surface area contributed by atoms with Crippen molar-refractivity contribution in [2.45, 2.75) is 46.5 Å². The van der Waals surface area contributed by atoms with Crippen LogP contribution in [0.1, 0.15) is 46.5 Å². The second-order valence-corrected chi connectivity index (χ2v) is 3.98. The summed E-state index contributed by atoms with van der Waals surface area (Å²) in [6, 6.07) is 0. The molecule has 0 saturated heterocycles. The third-order valence-corrected chi connectivity index (χ3v) is 2.48. The van der Waals surface area contributed by atoms with Crippen LogP contribution in [0.3, 0.4) is 0 Å². The zero-order valence-electron chi connectivity index (χ0n) is 8.22. The molecule has 0 fully saturated rings. The van der Waals surface area contributed by atoms with Crippen LogP contribution < -0.4 is 0 Å². The number of thiocarbonyl (C=S) groups is 1. The number of rotatable bonds is 6. The van der Waals surface area contributed by atoms with Crippen molar-refractivity contribution in [2.24, 2.45) is 5.92 Å². The Morgan fingerprint density at radius 1 is 1.42 bits per heavy atom. The largest absolute Gasteiger partial charge is 0.300 e. The highest BCUT2D eigenvalue weighted by Gasteiger charge is 2.06. The molecule has 1 unspecified atom stereocenters. The molecule has 0 aliphatic carbocycles. The number of hydrogen-bond donors (Lipinski definition) is 0. The van der Waals surface area contributed by atoms with Crippen LogP contribution in [0, 0.1) is 5.92 Å². The lowest BCUT2D eigenvalue weighted by Gasteiger charge is -2.07. The number of carbonyl (C=O) groups excluding carboxylic acids is 1. The van der Waals surface area contributed by atoms with Crippen LogP contribution in [0.4, 0.5) is 0 Å². The van der Waals surface area contributed by atoms with Crippen molar-refractivity contribution in [3.8, 4) is 0 Å². The second kappa shape index (κ2) is 6.30. The molecule has 1 nitrogen and oxygen atoms in total. The van der Waals surface area contributed by atoms with Gasteiger partial charge in [0, 0.05) is 12.8 Å². The third-order valence-electron chi connectivity index (χ3n) is 2.08. The van der Waals surface area contributed by atoms with Crippen LogP contribution in [0.5, 0.6) is 0 Å². The first-order valence-electron chi connectivity index (χ1n) is 4.60. The molecule has 12 heavy (non-hydrogen) atoms. The predicted molar refractivity (Wildman–Crippen MR) is 56.6 cm³/mol. The van der Waals surface area contributed by atoms with Gasteiger partial charge in [0.2, 0.25) is 0 Å². The monoisotopic (exact) mass is 186 g/mol. The fourth-order valence-electron chi connectivity index (χ4n) is 0.985. The molecule has 0 amide bonds. The van der Waals surface area contributed by atoms with Crippen LogP contribution >= 0.6 is 12.2 Å². The van der Waals surface area contributed by atoms with E-state index in [2.05, 4.69) is 6.92 Å². The highest BCUT2D eigenvalue weighted by atomic mass is 32.1. The number of hydrogen-bond acceptors (Lipinski definition) is 2. The van der Waals surface area contributed by atoms with Crippen molar-refractivity contribution < 1.29 is 4.79 Å². The molecule has 70 valence electrons. The van der Waals surface area contributed by atoms with E-state index in [1.807, 2.05) is 13.8 Å². The Bertz CT molecular complexity index is 163. The Balaban J connectivity index is 3.54. The summed E-state index contributed by atoms with van der Waals surface area (Å²) in [6.07, 6.45) is 3.31. The molecule has 0 aliphatic heterocycles. The molecular weight excluding hydrogens is 168 g/mol. The van der Waals surface area contributed by atoms with E-state index in [-0.39, 0.29) is 0 Å². The van der Waals surface area contributed by atoms with Crippen LogP contribution in [-0.4, -0.2) is 10.6 Å². The Morgan fingerprint density at radius 3 is 2.42 bits per heavy atom. The summed E-state index contributed by atoms with van der Waals surface area (Å²) in [6.45, 7) is 6.07. The summed E-state index contributed by atoms with van der Waals surface area (Å²) in [5.41, 5.74) is 0. The molecule has 0 saturated carbocycles. The van der Waals surface area contributed by atoms with Crippen molar-refractivity contribution >= 4 is 22.9 Å². The van der Waals surface area contributed by atoms with Gasteiger partial charge in [0.05, 0.1) is 0 Å². The lowest BCUT2D eigenvalue weighted by atomic mass is 10.00. The maximum Gasteiger partial charge on any atom is 0.132 e. The van der Waals surface area contributed by atoms with Gasteiger partial charge >= 0.3 is 0 Å². The van der Waals surface area contributed by atoms with Crippen LogP contribution in [-0.2, 0) is 4.79 Å². The molecular formula is C10H18OS. The maximum absolute atomic E-state index is 11.1. The smallest absolute Gasteiger partial charge is 0.132 e. The SMILES string of the molecule is CCCC(=O)CCC(C)C(C)=S. The van der Waals surface area contributed by atoms with E-state index < -0.39 is 0 Å². The van der Waals surface area contributed by atoms with Gasteiger partial charge in [-0.2, -0.15) is 0 Å². The molecule has 0 aromatic heterocycles. The van der Waals surface area contributed by atoms with Crippen molar-refractivity contribution in [3.05, 3.63) is 0 Å². The van der Waals surface area contributed by atoms with Gasteiger partial charge in [-0.05, 0) is 30.5 Å². The lowest BCUT2D eigenvalue weighted by molar-refractivity contribution is -0.119. The van der Waals surface area contributed by atoms with E-state index in [0.717, 1.165) is 24.1 Å². The lowest BCUT2D eigenvalue weighted by Crippen LogP contribution is -2.07. The van der Waals surface area contributed by atoms with E-state index in [9.17, 15) is 4.79 Å². The van der Waals surface area contributed by atoms with Crippen LogP contribution in [0.25, 0.3) is 0 Å². The quantitative estimate of drug-likeness (QED) is 0.593. The van der Waals surface area contributed by atoms with E-state index in [4.69, 9.17) is 12.2 Å². The molecule has 0 spiro atoms. The first-order chi connectivity index (χ1) is 5.57. The Labute approximate surface area is 80.5 Å². The average molecular weight is 186 g/mol. The molecule has 0 rings (SSSR count). The number of Topliss-reactive ketones (excluding diaryl/α,β-unsaturated/α-hetero) is 1. The second-order valence-electron chi connectivity index (χ2n) is 3.34. The summed E-state index contributed by atoms with van der Waals surface area (Å²) in [5.74, 6) is 0.793. The molecule has 2 heteroatoms. The summed E-state index contributed by atoms with van der Waals surface area (Å²) < 4.78 is 0. The van der Waals surface area contributed by atoms with Gasteiger partial charge in [0.1, 0.15) is 5.78 Å². The summed E-state index contributed by atoms with van der Waals surface area (Å²) in [5, 5.41) is 0. The normalized spacial score (nSPS) is 12.6. The van der Waals surface area contributed by atoms with Crippen molar-refractivity contribution in [1.29, 1.82) is 0 Å². The zero-order chi connectivity index (χ0) is 9.56. The molecule has 1 atom stereocenters. The highest BCUT2D eigenvalue weighted by molar-refractivity contribution is 7.80.